The number of aromatic nitrogens is 2. The average Bonchev–Trinajstić information content (AvgIpc) is 3.31. The summed E-state index contributed by atoms with van der Waals surface area (Å²) in [7, 11) is -1.10. The SMILES string of the molecule is COc1cc(F)cc([Si@@H](CO)NC(=O)[C@@H](C)N2Cc3ccc(-c4nc(NC5CCOCC5)ncc4Cl)cc3C2=O)c1. The van der Waals surface area contributed by atoms with Gasteiger partial charge < -0.3 is 29.8 Å². The number of rotatable bonds is 9. The fourth-order valence-electron chi connectivity index (χ4n) is 5.02. The van der Waals surface area contributed by atoms with E-state index in [-0.39, 0.29) is 24.7 Å². The lowest BCUT2D eigenvalue weighted by Gasteiger charge is -2.25. The normalized spacial score (nSPS) is 16.7. The molecule has 3 N–H and O–H groups in total. The number of nitrogens with one attached hydrogen (secondary N) is 2. The minimum Gasteiger partial charge on any atom is -0.497 e. The number of carbonyl (C=O) groups excluding carboxylic acids is 2. The van der Waals surface area contributed by atoms with E-state index in [4.69, 9.17) is 21.1 Å². The molecule has 5 rings (SSSR count). The largest absolute Gasteiger partial charge is 0.497 e. The molecule has 0 saturated carbocycles. The number of hydrogen-bond acceptors (Lipinski definition) is 8. The first-order valence-electron chi connectivity index (χ1n) is 13.3. The third-order valence-corrected chi connectivity index (χ3v) is 9.80. The fraction of sp³-hybridized carbons (Fsp3) is 0.357. The number of fused-ring (bicyclic) bond motifs is 1. The van der Waals surface area contributed by atoms with Crippen molar-refractivity contribution >= 4 is 43.5 Å². The van der Waals surface area contributed by atoms with Crippen LogP contribution in [0.25, 0.3) is 11.3 Å². The Balaban J connectivity index is 1.31. The zero-order valence-electron chi connectivity index (χ0n) is 22.7. The van der Waals surface area contributed by atoms with Gasteiger partial charge in [-0.05, 0) is 48.7 Å². The summed E-state index contributed by atoms with van der Waals surface area (Å²) >= 11 is 6.45. The van der Waals surface area contributed by atoms with Crippen molar-refractivity contribution in [2.24, 2.45) is 0 Å². The van der Waals surface area contributed by atoms with Gasteiger partial charge in [0, 0.05) is 43.0 Å². The number of aliphatic hydroxyl groups is 1. The molecule has 10 nitrogen and oxygen atoms in total. The van der Waals surface area contributed by atoms with Gasteiger partial charge in [-0.1, -0.05) is 23.7 Å². The number of carbonyl (C=O) groups is 2. The molecule has 2 aliphatic heterocycles. The van der Waals surface area contributed by atoms with E-state index in [2.05, 4.69) is 20.3 Å². The Labute approximate surface area is 243 Å². The number of methoxy groups -OCH3 is 1. The third-order valence-electron chi connectivity index (χ3n) is 7.39. The molecule has 0 unspecified atom stereocenters. The second kappa shape index (κ2) is 12.5. The van der Waals surface area contributed by atoms with E-state index in [9.17, 15) is 19.1 Å². The van der Waals surface area contributed by atoms with Crippen LogP contribution in [-0.2, 0) is 16.1 Å². The molecule has 2 amide bonds. The Morgan fingerprint density at radius 3 is 2.80 bits per heavy atom. The highest BCUT2D eigenvalue weighted by Gasteiger charge is 2.35. The van der Waals surface area contributed by atoms with Gasteiger partial charge in [0.05, 0.1) is 30.3 Å². The summed E-state index contributed by atoms with van der Waals surface area (Å²) in [5.41, 5.74) is 2.39. The second-order valence-electron chi connectivity index (χ2n) is 10.1. The van der Waals surface area contributed by atoms with Crippen molar-refractivity contribution < 1.29 is 28.6 Å². The Morgan fingerprint density at radius 1 is 1.29 bits per heavy atom. The number of anilines is 1. The highest BCUT2D eigenvalue weighted by Crippen LogP contribution is 2.32. The number of hydrogen-bond donors (Lipinski definition) is 3. The van der Waals surface area contributed by atoms with Gasteiger partial charge in [-0.3, -0.25) is 9.59 Å². The smallest absolute Gasteiger partial charge is 0.255 e. The lowest BCUT2D eigenvalue weighted by molar-refractivity contribution is -0.123. The average molecular weight is 600 g/mol. The molecule has 1 saturated heterocycles. The van der Waals surface area contributed by atoms with E-state index in [1.807, 2.05) is 12.1 Å². The van der Waals surface area contributed by atoms with Crippen molar-refractivity contribution in [3.05, 3.63) is 64.6 Å². The van der Waals surface area contributed by atoms with Gasteiger partial charge in [-0.15, -0.1) is 0 Å². The molecule has 1 aromatic heterocycles. The van der Waals surface area contributed by atoms with Gasteiger partial charge in [0.1, 0.15) is 17.6 Å². The van der Waals surface area contributed by atoms with Crippen LogP contribution in [0.15, 0.2) is 42.6 Å². The molecule has 41 heavy (non-hydrogen) atoms. The second-order valence-corrected chi connectivity index (χ2v) is 12.9. The van der Waals surface area contributed by atoms with E-state index in [0.717, 1.165) is 18.4 Å². The third kappa shape index (κ3) is 6.35. The van der Waals surface area contributed by atoms with Crippen LogP contribution in [0.4, 0.5) is 10.3 Å². The molecular formula is C28H31ClFN5O5Si. The first kappa shape index (κ1) is 28.9. The zero-order valence-corrected chi connectivity index (χ0v) is 24.6. The van der Waals surface area contributed by atoms with Gasteiger partial charge in [-0.2, -0.15) is 0 Å². The quantitative estimate of drug-likeness (QED) is 0.320. The maximum Gasteiger partial charge on any atom is 0.255 e. The Kier molecular flexibility index (Phi) is 8.83. The van der Waals surface area contributed by atoms with Crippen molar-refractivity contribution in [2.75, 3.05) is 31.9 Å². The van der Waals surface area contributed by atoms with E-state index in [1.54, 1.807) is 19.1 Å². The molecule has 2 aromatic carbocycles. The first-order chi connectivity index (χ1) is 19.8. The summed E-state index contributed by atoms with van der Waals surface area (Å²) in [5.74, 6) is -0.505. The Bertz CT molecular complexity index is 1460. The topological polar surface area (TPSA) is 126 Å². The number of amides is 2. The predicted octanol–water partition coefficient (Wildman–Crippen LogP) is 2.16. The standard InChI is InChI=1S/C28H31ClFN5O5Si/c1-16(26(37)34-41(15-36)22-11-19(30)10-21(12-22)39-2)35-14-18-4-3-17(9-23(18)27(35)38)25-24(29)13-31-28(33-25)32-20-5-7-40-8-6-20/h3-4,9-13,16,20,36,41H,5-8,14-15H2,1-2H3,(H,34,37)(H,31,32,33)/t16-,41-/m1/s1. The van der Waals surface area contributed by atoms with Gasteiger partial charge in [-0.25, -0.2) is 14.4 Å². The van der Waals surface area contributed by atoms with Crippen LogP contribution >= 0.6 is 11.6 Å². The number of aliphatic hydroxyl groups excluding tert-OH is 1. The molecule has 0 radical (unpaired) electrons. The van der Waals surface area contributed by atoms with Crippen LogP contribution in [0.1, 0.15) is 35.7 Å². The molecule has 0 aliphatic carbocycles. The van der Waals surface area contributed by atoms with Gasteiger partial charge in [0.2, 0.25) is 11.9 Å². The zero-order chi connectivity index (χ0) is 29.1. The number of halogens is 2. The molecule has 2 aliphatic rings. The van der Waals surface area contributed by atoms with Crippen molar-refractivity contribution in [1.29, 1.82) is 0 Å². The maximum absolute atomic E-state index is 14.0. The molecule has 3 aromatic rings. The van der Waals surface area contributed by atoms with E-state index < -0.39 is 26.7 Å². The first-order valence-corrected chi connectivity index (χ1v) is 15.7. The fourth-order valence-corrected chi connectivity index (χ4v) is 7.00. The summed E-state index contributed by atoms with van der Waals surface area (Å²) in [6.45, 7) is 3.24. The van der Waals surface area contributed by atoms with Crippen LogP contribution in [0.5, 0.6) is 5.75 Å². The molecule has 3 heterocycles. The summed E-state index contributed by atoms with van der Waals surface area (Å²) < 4.78 is 24.6. The van der Waals surface area contributed by atoms with Crippen LogP contribution in [0, 0.1) is 5.82 Å². The number of benzene rings is 2. The monoisotopic (exact) mass is 599 g/mol. The van der Waals surface area contributed by atoms with E-state index >= 15 is 0 Å². The number of nitrogens with zero attached hydrogens (tertiary/aromatic N) is 3. The number of ether oxygens (including phenoxy) is 2. The Hall–Kier alpha value is -3.58. The molecule has 2 atom stereocenters. The highest BCUT2D eigenvalue weighted by molar-refractivity contribution is 6.73. The van der Waals surface area contributed by atoms with E-state index in [1.165, 1.54) is 30.3 Å². The minimum absolute atomic E-state index is 0.206. The van der Waals surface area contributed by atoms with Gasteiger partial charge >= 0.3 is 0 Å². The molecule has 0 bridgehead atoms. The summed E-state index contributed by atoms with van der Waals surface area (Å²) in [4.78, 5) is 39.9. The Morgan fingerprint density at radius 2 is 2.07 bits per heavy atom. The lowest BCUT2D eigenvalue weighted by Crippen LogP contribution is -2.56. The summed E-state index contributed by atoms with van der Waals surface area (Å²) in [5, 5.41) is 14.1. The molecular weight excluding hydrogens is 569 g/mol. The molecule has 0 spiro atoms. The van der Waals surface area contributed by atoms with Crippen LogP contribution in [0.2, 0.25) is 5.02 Å². The van der Waals surface area contributed by atoms with Gasteiger partial charge in [0.25, 0.3) is 5.91 Å². The van der Waals surface area contributed by atoms with E-state index in [0.29, 0.717) is 51.9 Å². The maximum atomic E-state index is 14.0. The van der Waals surface area contributed by atoms with Crippen LogP contribution in [-0.4, -0.2) is 79.4 Å². The highest BCUT2D eigenvalue weighted by atomic mass is 35.5. The van der Waals surface area contributed by atoms with Crippen molar-refractivity contribution in [1.82, 2.24) is 19.9 Å². The predicted molar refractivity (Wildman–Crippen MR) is 154 cm³/mol. The molecule has 13 heteroatoms. The van der Waals surface area contributed by atoms with Gasteiger partial charge in [0.15, 0.2) is 8.96 Å². The van der Waals surface area contributed by atoms with Crippen molar-refractivity contribution in [3.63, 3.8) is 0 Å². The molecule has 1 fully saturated rings. The van der Waals surface area contributed by atoms with Crippen LogP contribution < -0.4 is 20.2 Å². The summed E-state index contributed by atoms with van der Waals surface area (Å²) in [6.07, 6.45) is 2.92. The lowest BCUT2D eigenvalue weighted by atomic mass is 10.0. The van der Waals surface area contributed by atoms with Crippen LogP contribution in [0.3, 0.4) is 0 Å². The summed E-state index contributed by atoms with van der Waals surface area (Å²) in [6, 6.07) is 8.90. The molecule has 216 valence electrons. The van der Waals surface area contributed by atoms with Crippen molar-refractivity contribution in [2.45, 2.75) is 38.4 Å². The minimum atomic E-state index is -2.51. The van der Waals surface area contributed by atoms with Crippen molar-refractivity contribution in [3.8, 4) is 17.0 Å².